The number of carbonyl (C=O) groups is 1. The van der Waals surface area contributed by atoms with Crippen molar-refractivity contribution in [2.45, 2.75) is 38.6 Å². The van der Waals surface area contributed by atoms with E-state index in [-0.39, 0.29) is 19.1 Å². The van der Waals surface area contributed by atoms with Crippen LogP contribution in [0.3, 0.4) is 0 Å². The number of phenols is 1. The minimum Gasteiger partial charge on any atom is -0.505 e. The van der Waals surface area contributed by atoms with E-state index in [0.717, 1.165) is 35.0 Å². The Labute approximate surface area is 174 Å². The summed E-state index contributed by atoms with van der Waals surface area (Å²) in [7, 11) is 0. The molecule has 1 unspecified atom stereocenters. The van der Waals surface area contributed by atoms with Crippen molar-refractivity contribution in [1.29, 1.82) is 0 Å². The molecule has 0 fully saturated rings. The molecule has 6 heteroatoms. The highest BCUT2D eigenvalue weighted by Gasteiger charge is 2.20. The summed E-state index contributed by atoms with van der Waals surface area (Å²) in [4.78, 5) is 10.7. The maximum Gasteiger partial charge on any atom is 0.303 e. The van der Waals surface area contributed by atoms with Gasteiger partial charge in [0.15, 0.2) is 11.6 Å². The number of aliphatic hydroxyl groups is 1. The van der Waals surface area contributed by atoms with E-state index in [4.69, 9.17) is 5.11 Å². The zero-order valence-electron chi connectivity index (χ0n) is 16.9. The van der Waals surface area contributed by atoms with Crippen LogP contribution >= 0.6 is 0 Å². The summed E-state index contributed by atoms with van der Waals surface area (Å²) in [6, 6.07) is 11.9. The first-order valence-corrected chi connectivity index (χ1v) is 10.0. The Bertz CT molecular complexity index is 1070. The Balaban J connectivity index is 2.09. The number of benzene rings is 2. The van der Waals surface area contributed by atoms with Gasteiger partial charge >= 0.3 is 5.97 Å². The van der Waals surface area contributed by atoms with Crippen LogP contribution in [0.15, 0.2) is 48.5 Å². The molecule has 0 aliphatic heterocycles. The largest absolute Gasteiger partial charge is 0.505 e. The molecule has 2 aromatic carbocycles. The van der Waals surface area contributed by atoms with Crippen molar-refractivity contribution in [3.8, 4) is 16.9 Å². The summed E-state index contributed by atoms with van der Waals surface area (Å²) in [5.74, 6) is -1.89. The van der Waals surface area contributed by atoms with E-state index in [9.17, 15) is 19.4 Å². The fourth-order valence-electron chi connectivity index (χ4n) is 3.71. The van der Waals surface area contributed by atoms with Gasteiger partial charge in [0.1, 0.15) is 0 Å². The van der Waals surface area contributed by atoms with Gasteiger partial charge in [-0.1, -0.05) is 30.3 Å². The van der Waals surface area contributed by atoms with E-state index in [1.807, 2.05) is 47.9 Å². The standard InChI is InChI=1S/C24H26FNO4/c1-16(15-27)26-20-9-7-6-8-18(20)24(17-12-13-19(25)22(28)14-17)21(26)10-4-2-3-5-11-23(29)30/h4,6-10,12-14,16,27-28H,2-3,5,11,15H2,1H3,(H,29,30). The summed E-state index contributed by atoms with van der Waals surface area (Å²) in [6.07, 6.45) is 6.18. The minimum atomic E-state index is -0.797. The second-order valence-corrected chi connectivity index (χ2v) is 7.39. The fourth-order valence-corrected chi connectivity index (χ4v) is 3.71. The van der Waals surface area contributed by atoms with E-state index in [2.05, 4.69) is 0 Å². The number of hydrogen-bond acceptors (Lipinski definition) is 3. The van der Waals surface area contributed by atoms with Gasteiger partial charge in [0.2, 0.25) is 0 Å². The molecule has 1 aromatic heterocycles. The zero-order chi connectivity index (χ0) is 21.7. The molecule has 0 aliphatic carbocycles. The average molecular weight is 411 g/mol. The molecule has 0 aliphatic rings. The highest BCUT2D eigenvalue weighted by atomic mass is 19.1. The van der Waals surface area contributed by atoms with E-state index < -0.39 is 17.5 Å². The van der Waals surface area contributed by atoms with Gasteiger partial charge in [-0.25, -0.2) is 4.39 Å². The van der Waals surface area contributed by atoms with Crippen LogP contribution in [0.5, 0.6) is 5.75 Å². The Morgan fingerprint density at radius 1 is 1.20 bits per heavy atom. The van der Waals surface area contributed by atoms with Gasteiger partial charge in [0.25, 0.3) is 0 Å². The van der Waals surface area contributed by atoms with Crippen LogP contribution in [-0.4, -0.2) is 32.5 Å². The smallest absolute Gasteiger partial charge is 0.303 e. The van der Waals surface area contributed by atoms with E-state index in [0.29, 0.717) is 12.0 Å². The average Bonchev–Trinajstić information content (AvgIpc) is 3.06. The Morgan fingerprint density at radius 2 is 1.97 bits per heavy atom. The lowest BCUT2D eigenvalue weighted by Crippen LogP contribution is -2.10. The normalized spacial score (nSPS) is 12.6. The highest BCUT2D eigenvalue weighted by molar-refractivity contribution is 6.01. The van der Waals surface area contributed by atoms with Gasteiger partial charge in [-0.15, -0.1) is 0 Å². The molecule has 0 spiro atoms. The van der Waals surface area contributed by atoms with Crippen LogP contribution in [0.4, 0.5) is 4.39 Å². The number of aromatic hydroxyl groups is 1. The number of hydrogen-bond donors (Lipinski definition) is 3. The minimum absolute atomic E-state index is 0.0494. The summed E-state index contributed by atoms with van der Waals surface area (Å²) in [6.45, 7) is 1.87. The van der Waals surface area contributed by atoms with Gasteiger partial charge in [0.05, 0.1) is 12.6 Å². The van der Waals surface area contributed by atoms with Crippen LogP contribution in [0.25, 0.3) is 28.1 Å². The van der Waals surface area contributed by atoms with Gasteiger partial charge in [0, 0.05) is 28.6 Å². The Hall–Kier alpha value is -3.12. The van der Waals surface area contributed by atoms with Crippen molar-refractivity contribution in [3.05, 3.63) is 60.1 Å². The van der Waals surface area contributed by atoms with Crippen molar-refractivity contribution in [2.24, 2.45) is 0 Å². The number of fused-ring (bicyclic) bond motifs is 1. The molecule has 0 saturated heterocycles. The van der Waals surface area contributed by atoms with Crippen molar-refractivity contribution in [3.63, 3.8) is 0 Å². The monoisotopic (exact) mass is 411 g/mol. The van der Waals surface area contributed by atoms with Crippen molar-refractivity contribution < 1.29 is 24.5 Å². The lowest BCUT2D eigenvalue weighted by atomic mass is 10.0. The summed E-state index contributed by atoms with van der Waals surface area (Å²) < 4.78 is 15.7. The number of halogens is 1. The van der Waals surface area contributed by atoms with Gasteiger partial charge in [-0.2, -0.15) is 0 Å². The van der Waals surface area contributed by atoms with Gasteiger partial charge < -0.3 is 19.9 Å². The number of carboxylic acid groups (broad SMARTS) is 1. The fraction of sp³-hybridized carbons (Fsp3) is 0.292. The summed E-state index contributed by atoms with van der Waals surface area (Å²) >= 11 is 0. The van der Waals surface area contributed by atoms with Crippen LogP contribution in [0.2, 0.25) is 0 Å². The molecule has 30 heavy (non-hydrogen) atoms. The molecule has 3 rings (SSSR count). The first kappa shape index (κ1) is 21.6. The maximum absolute atomic E-state index is 13.7. The zero-order valence-corrected chi connectivity index (χ0v) is 16.9. The number of aliphatic carboxylic acids is 1. The Morgan fingerprint density at radius 3 is 2.67 bits per heavy atom. The van der Waals surface area contributed by atoms with Gasteiger partial charge in [-0.3, -0.25) is 4.79 Å². The summed E-state index contributed by atoms with van der Waals surface area (Å²) in [5.41, 5.74) is 3.31. The number of allylic oxidation sites excluding steroid dienone is 1. The van der Waals surface area contributed by atoms with E-state index in [1.165, 1.54) is 12.1 Å². The molecule has 5 nitrogen and oxygen atoms in total. The number of phenolic OH excluding ortho intramolecular Hbond substituents is 1. The first-order valence-electron chi connectivity index (χ1n) is 10.0. The quantitative estimate of drug-likeness (QED) is 0.414. The number of aliphatic hydroxyl groups excluding tert-OH is 1. The molecule has 0 bridgehead atoms. The number of aromatic nitrogens is 1. The third-order valence-electron chi connectivity index (χ3n) is 5.18. The molecule has 0 amide bonds. The lowest BCUT2D eigenvalue weighted by molar-refractivity contribution is -0.137. The van der Waals surface area contributed by atoms with Crippen molar-refractivity contribution in [2.75, 3.05) is 6.61 Å². The van der Waals surface area contributed by atoms with Crippen LogP contribution in [-0.2, 0) is 4.79 Å². The van der Waals surface area contributed by atoms with E-state index in [1.54, 1.807) is 6.07 Å². The third kappa shape index (κ3) is 4.54. The molecule has 3 aromatic rings. The number of para-hydroxylation sites is 1. The van der Waals surface area contributed by atoms with Crippen molar-refractivity contribution >= 4 is 22.9 Å². The molecule has 0 saturated carbocycles. The summed E-state index contributed by atoms with van der Waals surface area (Å²) in [5, 5.41) is 29.5. The molecular weight excluding hydrogens is 385 g/mol. The second kappa shape index (κ2) is 9.59. The molecular formula is C24H26FNO4. The number of carboxylic acids is 1. The molecule has 1 atom stereocenters. The SMILES string of the molecule is CC(CO)n1c(C=CCCCCC(=O)O)c(-c2ccc(F)c(O)c2)c2ccccc21. The predicted octanol–water partition coefficient (Wildman–Crippen LogP) is 5.36. The molecule has 0 radical (unpaired) electrons. The van der Waals surface area contributed by atoms with E-state index >= 15 is 0 Å². The van der Waals surface area contributed by atoms with Gasteiger partial charge in [-0.05, 0) is 56.0 Å². The predicted molar refractivity (Wildman–Crippen MR) is 116 cm³/mol. The second-order valence-electron chi connectivity index (χ2n) is 7.39. The number of rotatable bonds is 9. The van der Waals surface area contributed by atoms with Crippen LogP contribution < -0.4 is 0 Å². The Kier molecular flexibility index (Phi) is 6.90. The molecule has 1 heterocycles. The lowest BCUT2D eigenvalue weighted by Gasteiger charge is -2.16. The van der Waals surface area contributed by atoms with Crippen LogP contribution in [0.1, 0.15) is 44.3 Å². The van der Waals surface area contributed by atoms with Crippen molar-refractivity contribution in [1.82, 2.24) is 4.57 Å². The molecule has 3 N–H and O–H groups in total. The maximum atomic E-state index is 13.7. The van der Waals surface area contributed by atoms with Crippen LogP contribution in [0, 0.1) is 5.82 Å². The topological polar surface area (TPSA) is 82.7 Å². The number of nitrogens with zero attached hydrogens (tertiary/aromatic N) is 1. The highest BCUT2D eigenvalue weighted by Crippen LogP contribution is 2.39. The number of unbranched alkanes of at least 4 members (excludes halogenated alkanes) is 2. The third-order valence-corrected chi connectivity index (χ3v) is 5.18. The first-order chi connectivity index (χ1) is 14.4. The molecule has 158 valence electrons.